The molecule has 0 radical (unpaired) electrons. The molecule has 0 bridgehead atoms. The fourth-order valence-corrected chi connectivity index (χ4v) is 1.37. The van der Waals surface area contributed by atoms with Gasteiger partial charge in [-0.2, -0.15) is 8.78 Å². The Morgan fingerprint density at radius 2 is 2.11 bits per heavy atom. The summed E-state index contributed by atoms with van der Waals surface area (Å²) < 4.78 is 44.7. The highest BCUT2D eigenvalue weighted by Gasteiger charge is 2.47. The van der Waals surface area contributed by atoms with Crippen LogP contribution in [0.3, 0.4) is 0 Å². The number of ether oxygens (including phenoxy) is 1. The lowest BCUT2D eigenvalue weighted by molar-refractivity contribution is -0.174. The first-order valence-electron chi connectivity index (χ1n) is 5.37. The molecule has 1 atom stereocenters. The van der Waals surface area contributed by atoms with Gasteiger partial charge in [-0.15, -0.1) is 0 Å². The summed E-state index contributed by atoms with van der Waals surface area (Å²) in [6, 6.07) is 1.54. The molecule has 2 N–H and O–H groups in total. The van der Waals surface area contributed by atoms with E-state index in [1.54, 1.807) is 0 Å². The first-order valence-corrected chi connectivity index (χ1v) is 5.37. The third-order valence-corrected chi connectivity index (χ3v) is 2.49. The van der Waals surface area contributed by atoms with E-state index in [1.165, 1.54) is 26.0 Å². The summed E-state index contributed by atoms with van der Waals surface area (Å²) in [5, 5.41) is 0. The smallest absolute Gasteiger partial charge is 0.379 e. The molecule has 100 valence electrons. The average molecular weight is 261 g/mol. The van der Waals surface area contributed by atoms with Crippen molar-refractivity contribution in [3.8, 4) is 0 Å². The number of nitrogens with two attached hydrogens (primary N) is 1. The van der Waals surface area contributed by atoms with Crippen molar-refractivity contribution in [1.29, 1.82) is 0 Å². The molecule has 0 aromatic heterocycles. The van der Waals surface area contributed by atoms with E-state index >= 15 is 0 Å². The van der Waals surface area contributed by atoms with Crippen LogP contribution in [0.15, 0.2) is 18.2 Å². The van der Waals surface area contributed by atoms with Crippen LogP contribution in [0.4, 0.5) is 13.2 Å². The lowest BCUT2D eigenvalue weighted by atomic mass is 10.00. The average Bonchev–Trinajstić information content (AvgIpc) is 2.32. The number of carbonyl (C=O) groups excluding carboxylic acids is 1. The molecular weight excluding hydrogens is 247 g/mol. The molecule has 0 heterocycles. The number of halogens is 3. The Bertz CT molecular complexity index is 449. The van der Waals surface area contributed by atoms with Crippen LogP contribution in [0.25, 0.3) is 0 Å². The highest BCUT2D eigenvalue weighted by molar-refractivity contribution is 5.78. The van der Waals surface area contributed by atoms with E-state index in [9.17, 15) is 18.0 Å². The van der Waals surface area contributed by atoms with Crippen LogP contribution in [0.2, 0.25) is 0 Å². The number of hydrogen-bond acceptors (Lipinski definition) is 3. The molecule has 0 amide bonds. The van der Waals surface area contributed by atoms with Gasteiger partial charge in [-0.3, -0.25) is 0 Å². The number of benzene rings is 1. The van der Waals surface area contributed by atoms with Crippen LogP contribution >= 0.6 is 0 Å². The van der Waals surface area contributed by atoms with E-state index in [4.69, 9.17) is 5.73 Å². The number of alkyl halides is 2. The molecule has 0 aliphatic carbocycles. The van der Waals surface area contributed by atoms with Crippen LogP contribution in [0.1, 0.15) is 24.1 Å². The molecule has 1 rings (SSSR count). The van der Waals surface area contributed by atoms with Crippen molar-refractivity contribution in [3.63, 3.8) is 0 Å². The Kier molecular flexibility index (Phi) is 4.34. The second-order valence-electron chi connectivity index (χ2n) is 3.83. The lowest BCUT2D eigenvalue weighted by Crippen LogP contribution is -2.41. The Labute approximate surface area is 103 Å². The predicted octanol–water partition coefficient (Wildman–Crippen LogP) is 2.33. The highest BCUT2D eigenvalue weighted by Crippen LogP contribution is 2.31. The summed E-state index contributed by atoms with van der Waals surface area (Å²) in [5.41, 5.74) is 5.46. The van der Waals surface area contributed by atoms with E-state index in [0.29, 0.717) is 5.56 Å². The molecule has 0 aliphatic rings. The van der Waals surface area contributed by atoms with Crippen LogP contribution in [-0.4, -0.2) is 18.5 Å². The van der Waals surface area contributed by atoms with E-state index in [1.807, 2.05) is 0 Å². The molecule has 0 spiro atoms. The van der Waals surface area contributed by atoms with E-state index in [0.717, 1.165) is 6.07 Å². The van der Waals surface area contributed by atoms with Crippen molar-refractivity contribution in [1.82, 2.24) is 0 Å². The molecule has 1 aromatic carbocycles. The van der Waals surface area contributed by atoms with E-state index in [2.05, 4.69) is 4.74 Å². The van der Waals surface area contributed by atoms with Gasteiger partial charge >= 0.3 is 11.9 Å². The number of rotatable bonds is 4. The van der Waals surface area contributed by atoms with Crippen molar-refractivity contribution >= 4 is 5.97 Å². The van der Waals surface area contributed by atoms with Gasteiger partial charge in [0.1, 0.15) is 11.9 Å². The zero-order valence-electron chi connectivity index (χ0n) is 10.0. The molecule has 18 heavy (non-hydrogen) atoms. The number of aryl methyl sites for hydroxylation is 1. The van der Waals surface area contributed by atoms with E-state index in [-0.39, 0.29) is 12.2 Å². The summed E-state index contributed by atoms with van der Waals surface area (Å²) in [6.07, 6.45) is 0. The first-order chi connectivity index (χ1) is 8.30. The molecule has 0 unspecified atom stereocenters. The third-order valence-electron chi connectivity index (χ3n) is 2.49. The molecule has 6 heteroatoms. The zero-order chi connectivity index (χ0) is 13.9. The summed E-state index contributed by atoms with van der Waals surface area (Å²) in [7, 11) is 0. The van der Waals surface area contributed by atoms with Gasteiger partial charge in [-0.05, 0) is 31.0 Å². The Hall–Kier alpha value is -1.56. The standard InChI is InChI=1S/C12H14F3NO2/c1-3-18-11(17)12(14,15)10(16)8-5-4-7(2)9(13)6-8/h4-6,10H,3,16H2,1-2H3/t10-/m0/s1. The summed E-state index contributed by atoms with van der Waals surface area (Å²) >= 11 is 0. The maximum Gasteiger partial charge on any atom is 0.379 e. The highest BCUT2D eigenvalue weighted by atomic mass is 19.3. The van der Waals surface area contributed by atoms with Crippen LogP contribution in [-0.2, 0) is 9.53 Å². The van der Waals surface area contributed by atoms with Gasteiger partial charge in [0.25, 0.3) is 0 Å². The van der Waals surface area contributed by atoms with Gasteiger partial charge in [-0.25, -0.2) is 9.18 Å². The van der Waals surface area contributed by atoms with Crippen molar-refractivity contribution in [2.45, 2.75) is 25.8 Å². The monoisotopic (exact) mass is 261 g/mol. The zero-order valence-corrected chi connectivity index (χ0v) is 10.0. The second kappa shape index (κ2) is 5.39. The SMILES string of the molecule is CCOC(=O)C(F)(F)[C@@H](N)c1ccc(C)c(F)c1. The Balaban J connectivity index is 3.01. The number of hydrogen-bond donors (Lipinski definition) is 1. The lowest BCUT2D eigenvalue weighted by Gasteiger charge is -2.22. The van der Waals surface area contributed by atoms with Gasteiger partial charge in [0.05, 0.1) is 6.61 Å². The van der Waals surface area contributed by atoms with Gasteiger partial charge < -0.3 is 10.5 Å². The van der Waals surface area contributed by atoms with Crippen LogP contribution in [0, 0.1) is 12.7 Å². The summed E-state index contributed by atoms with van der Waals surface area (Å²) in [4.78, 5) is 11.1. The fourth-order valence-electron chi connectivity index (χ4n) is 1.37. The molecule has 0 aliphatic heterocycles. The maximum atomic E-state index is 13.6. The summed E-state index contributed by atoms with van der Waals surface area (Å²) in [6.45, 7) is 2.72. The minimum atomic E-state index is -3.89. The predicted molar refractivity (Wildman–Crippen MR) is 59.6 cm³/mol. The quantitative estimate of drug-likeness (QED) is 0.846. The van der Waals surface area contributed by atoms with Crippen molar-refractivity contribution in [2.24, 2.45) is 5.73 Å². The number of esters is 1. The second-order valence-corrected chi connectivity index (χ2v) is 3.83. The fraction of sp³-hybridized carbons (Fsp3) is 0.417. The van der Waals surface area contributed by atoms with Crippen LogP contribution in [0.5, 0.6) is 0 Å². The van der Waals surface area contributed by atoms with Crippen molar-refractivity contribution in [2.75, 3.05) is 6.61 Å². The normalized spacial score (nSPS) is 13.2. The molecule has 0 saturated heterocycles. The number of carbonyl (C=O) groups is 1. The molecule has 3 nitrogen and oxygen atoms in total. The van der Waals surface area contributed by atoms with Gasteiger partial charge in [0.15, 0.2) is 0 Å². The molecular formula is C12H14F3NO2. The van der Waals surface area contributed by atoms with Crippen molar-refractivity contribution < 1.29 is 22.7 Å². The topological polar surface area (TPSA) is 52.3 Å². The molecule has 0 fully saturated rings. The van der Waals surface area contributed by atoms with Gasteiger partial charge in [0, 0.05) is 0 Å². The minimum Gasteiger partial charge on any atom is -0.462 e. The van der Waals surface area contributed by atoms with E-state index < -0.39 is 23.8 Å². The largest absolute Gasteiger partial charge is 0.462 e. The minimum absolute atomic E-state index is 0.156. The Morgan fingerprint density at radius 1 is 1.50 bits per heavy atom. The molecule has 1 aromatic rings. The first kappa shape index (κ1) is 14.5. The Morgan fingerprint density at radius 3 is 2.61 bits per heavy atom. The summed E-state index contributed by atoms with van der Waals surface area (Å²) in [5.74, 6) is -6.25. The maximum absolute atomic E-state index is 13.6. The van der Waals surface area contributed by atoms with Gasteiger partial charge in [-0.1, -0.05) is 12.1 Å². The molecule has 0 saturated carbocycles. The van der Waals surface area contributed by atoms with Gasteiger partial charge in [0.2, 0.25) is 0 Å². The third kappa shape index (κ3) is 2.81. The van der Waals surface area contributed by atoms with Crippen molar-refractivity contribution in [3.05, 3.63) is 35.1 Å². The van der Waals surface area contributed by atoms with Crippen LogP contribution < -0.4 is 5.73 Å².